The van der Waals surface area contributed by atoms with Crippen LogP contribution in [0.5, 0.6) is 5.75 Å². The summed E-state index contributed by atoms with van der Waals surface area (Å²) in [6.45, 7) is 4.97. The summed E-state index contributed by atoms with van der Waals surface area (Å²) in [5, 5.41) is 6.12. The molecule has 0 aliphatic heterocycles. The van der Waals surface area contributed by atoms with E-state index in [4.69, 9.17) is 4.74 Å². The first-order valence-corrected chi connectivity index (χ1v) is 9.60. The first kappa shape index (κ1) is 20.3. The number of ether oxygens (including phenoxy) is 1. The molecule has 150 valence electrons. The lowest BCUT2D eigenvalue weighted by Gasteiger charge is -2.11. The van der Waals surface area contributed by atoms with Gasteiger partial charge in [-0.25, -0.2) is 9.97 Å². The monoisotopic (exact) mass is 390 g/mol. The van der Waals surface area contributed by atoms with E-state index in [0.717, 1.165) is 34.6 Å². The fourth-order valence-electron chi connectivity index (χ4n) is 3.08. The van der Waals surface area contributed by atoms with Crippen LogP contribution in [0, 0.1) is 13.8 Å². The zero-order chi connectivity index (χ0) is 20.6. The number of hydrogen-bond donors (Lipinski definition) is 2. The Hall–Kier alpha value is -3.41. The number of hydrogen-bond acceptors (Lipinski definition) is 5. The van der Waals surface area contributed by atoms with Crippen LogP contribution in [0.25, 0.3) is 0 Å². The maximum Gasteiger partial charge on any atom is 0.270 e. The number of carbonyl (C=O) groups is 1. The van der Waals surface area contributed by atoms with Gasteiger partial charge in [0, 0.05) is 18.8 Å². The van der Waals surface area contributed by atoms with Crippen molar-refractivity contribution in [2.75, 3.05) is 19.0 Å². The van der Waals surface area contributed by atoms with E-state index in [1.807, 2.05) is 56.3 Å². The number of amides is 1. The molecule has 0 saturated heterocycles. The standard InChI is InChI=1S/C23H26N4O2/c1-16-7-6-8-18(13-16)15-25-22(28)20-14-17(2)26-23(27-20)24-12-11-19-9-4-5-10-21(19)29-3/h4-10,13-14H,11-12,15H2,1-3H3,(H,25,28)(H,24,26,27). The Bertz CT molecular complexity index is 988. The maximum atomic E-state index is 12.5. The highest BCUT2D eigenvalue weighted by atomic mass is 16.5. The molecule has 0 radical (unpaired) electrons. The number of para-hydroxylation sites is 1. The molecule has 2 N–H and O–H groups in total. The summed E-state index contributed by atoms with van der Waals surface area (Å²) in [5.74, 6) is 1.08. The molecule has 1 aromatic heterocycles. The minimum atomic E-state index is -0.218. The lowest BCUT2D eigenvalue weighted by atomic mass is 10.1. The summed E-state index contributed by atoms with van der Waals surface area (Å²) in [6.07, 6.45) is 0.760. The summed E-state index contributed by atoms with van der Waals surface area (Å²) in [4.78, 5) is 21.3. The molecule has 6 heteroatoms. The van der Waals surface area contributed by atoms with Gasteiger partial charge in [0.15, 0.2) is 0 Å². The van der Waals surface area contributed by atoms with Crippen molar-refractivity contribution in [2.45, 2.75) is 26.8 Å². The number of nitrogens with zero attached hydrogens (tertiary/aromatic N) is 2. The summed E-state index contributed by atoms with van der Waals surface area (Å²) in [5.41, 5.74) is 4.41. The second-order valence-corrected chi connectivity index (χ2v) is 6.88. The van der Waals surface area contributed by atoms with Crippen LogP contribution in [0.2, 0.25) is 0 Å². The third kappa shape index (κ3) is 5.78. The van der Waals surface area contributed by atoms with Crippen LogP contribution < -0.4 is 15.4 Å². The van der Waals surface area contributed by atoms with Crippen LogP contribution in [0.4, 0.5) is 5.95 Å². The van der Waals surface area contributed by atoms with Gasteiger partial charge in [-0.2, -0.15) is 0 Å². The number of anilines is 1. The molecule has 0 aliphatic rings. The lowest BCUT2D eigenvalue weighted by Crippen LogP contribution is -2.24. The fraction of sp³-hybridized carbons (Fsp3) is 0.261. The molecule has 0 saturated carbocycles. The molecule has 3 rings (SSSR count). The number of rotatable bonds is 8. The van der Waals surface area contributed by atoms with Crippen LogP contribution in [-0.2, 0) is 13.0 Å². The molecule has 0 aliphatic carbocycles. The number of aromatic nitrogens is 2. The van der Waals surface area contributed by atoms with Crippen molar-refractivity contribution < 1.29 is 9.53 Å². The molecule has 0 fully saturated rings. The van der Waals surface area contributed by atoms with Gasteiger partial charge in [-0.3, -0.25) is 4.79 Å². The van der Waals surface area contributed by atoms with Gasteiger partial charge in [0.05, 0.1) is 7.11 Å². The van der Waals surface area contributed by atoms with E-state index in [-0.39, 0.29) is 5.91 Å². The summed E-state index contributed by atoms with van der Waals surface area (Å²) >= 11 is 0. The molecular formula is C23H26N4O2. The van der Waals surface area contributed by atoms with Gasteiger partial charge in [0.25, 0.3) is 5.91 Å². The van der Waals surface area contributed by atoms with E-state index >= 15 is 0 Å². The fourth-order valence-corrected chi connectivity index (χ4v) is 3.08. The SMILES string of the molecule is COc1ccccc1CCNc1nc(C)cc(C(=O)NCc2cccc(C)c2)n1. The molecule has 0 atom stereocenters. The molecular weight excluding hydrogens is 364 g/mol. The minimum absolute atomic E-state index is 0.218. The molecule has 1 amide bonds. The van der Waals surface area contributed by atoms with Crippen LogP contribution in [0.3, 0.4) is 0 Å². The average Bonchev–Trinajstić information content (AvgIpc) is 2.72. The summed E-state index contributed by atoms with van der Waals surface area (Å²) < 4.78 is 5.38. The predicted octanol–water partition coefficient (Wildman–Crippen LogP) is 3.69. The topological polar surface area (TPSA) is 76.1 Å². The Kier molecular flexibility index (Phi) is 6.79. The van der Waals surface area contributed by atoms with Crippen molar-refractivity contribution in [3.63, 3.8) is 0 Å². The molecule has 1 heterocycles. The Morgan fingerprint density at radius 3 is 2.66 bits per heavy atom. The van der Waals surface area contributed by atoms with E-state index in [9.17, 15) is 4.79 Å². The summed E-state index contributed by atoms with van der Waals surface area (Å²) in [7, 11) is 1.66. The Balaban J connectivity index is 1.60. The van der Waals surface area contributed by atoms with Crippen molar-refractivity contribution >= 4 is 11.9 Å². The van der Waals surface area contributed by atoms with Gasteiger partial charge >= 0.3 is 0 Å². The zero-order valence-corrected chi connectivity index (χ0v) is 17.0. The van der Waals surface area contributed by atoms with Gasteiger partial charge < -0.3 is 15.4 Å². The minimum Gasteiger partial charge on any atom is -0.496 e. The highest BCUT2D eigenvalue weighted by molar-refractivity contribution is 5.92. The number of benzene rings is 2. The van der Waals surface area contributed by atoms with E-state index in [1.54, 1.807) is 13.2 Å². The Labute approximate surface area is 171 Å². The van der Waals surface area contributed by atoms with Gasteiger partial charge in [0.1, 0.15) is 11.4 Å². The van der Waals surface area contributed by atoms with Crippen molar-refractivity contribution in [1.82, 2.24) is 15.3 Å². The van der Waals surface area contributed by atoms with Gasteiger partial charge in [-0.05, 0) is 43.5 Å². The number of methoxy groups -OCH3 is 1. The third-order valence-corrected chi connectivity index (χ3v) is 4.49. The first-order chi connectivity index (χ1) is 14.0. The number of aryl methyl sites for hydroxylation is 2. The van der Waals surface area contributed by atoms with E-state index in [1.165, 1.54) is 0 Å². The number of carbonyl (C=O) groups excluding carboxylic acids is 1. The molecule has 3 aromatic rings. The first-order valence-electron chi connectivity index (χ1n) is 9.60. The highest BCUT2D eigenvalue weighted by Gasteiger charge is 2.11. The number of nitrogens with one attached hydrogen (secondary N) is 2. The van der Waals surface area contributed by atoms with Crippen molar-refractivity contribution in [3.8, 4) is 5.75 Å². The Morgan fingerprint density at radius 2 is 1.86 bits per heavy atom. The zero-order valence-electron chi connectivity index (χ0n) is 17.0. The van der Waals surface area contributed by atoms with Crippen LogP contribution in [0.1, 0.15) is 32.9 Å². The van der Waals surface area contributed by atoms with E-state index in [0.29, 0.717) is 24.7 Å². The molecule has 0 bridgehead atoms. The van der Waals surface area contributed by atoms with Crippen molar-refractivity contribution in [2.24, 2.45) is 0 Å². The molecule has 6 nitrogen and oxygen atoms in total. The predicted molar refractivity (Wildman–Crippen MR) is 114 cm³/mol. The van der Waals surface area contributed by atoms with Crippen LogP contribution in [-0.4, -0.2) is 29.5 Å². The maximum absolute atomic E-state index is 12.5. The van der Waals surface area contributed by atoms with Crippen molar-refractivity contribution in [1.29, 1.82) is 0 Å². The lowest BCUT2D eigenvalue weighted by molar-refractivity contribution is 0.0945. The van der Waals surface area contributed by atoms with Gasteiger partial charge in [-0.1, -0.05) is 48.0 Å². The smallest absolute Gasteiger partial charge is 0.270 e. The molecule has 2 aromatic carbocycles. The van der Waals surface area contributed by atoms with E-state index < -0.39 is 0 Å². The normalized spacial score (nSPS) is 10.4. The Morgan fingerprint density at radius 1 is 1.03 bits per heavy atom. The second-order valence-electron chi connectivity index (χ2n) is 6.88. The quantitative estimate of drug-likeness (QED) is 0.614. The van der Waals surface area contributed by atoms with Gasteiger partial charge in [0.2, 0.25) is 5.95 Å². The molecule has 0 spiro atoms. The van der Waals surface area contributed by atoms with Crippen molar-refractivity contribution in [3.05, 3.63) is 82.7 Å². The van der Waals surface area contributed by atoms with Crippen LogP contribution in [0.15, 0.2) is 54.6 Å². The summed E-state index contributed by atoms with van der Waals surface area (Å²) in [6, 6.07) is 17.6. The van der Waals surface area contributed by atoms with Crippen LogP contribution >= 0.6 is 0 Å². The average molecular weight is 390 g/mol. The largest absolute Gasteiger partial charge is 0.496 e. The third-order valence-electron chi connectivity index (χ3n) is 4.49. The molecule has 0 unspecified atom stereocenters. The van der Waals surface area contributed by atoms with Gasteiger partial charge in [-0.15, -0.1) is 0 Å². The van der Waals surface area contributed by atoms with E-state index in [2.05, 4.69) is 26.7 Å². The highest BCUT2D eigenvalue weighted by Crippen LogP contribution is 2.17. The second kappa shape index (κ2) is 9.68. The molecule has 29 heavy (non-hydrogen) atoms.